The molecule has 0 bridgehead atoms. The summed E-state index contributed by atoms with van der Waals surface area (Å²) in [5.74, 6) is 0.610. The second-order valence-corrected chi connectivity index (χ2v) is 7.97. The molecule has 2 aliphatic heterocycles. The number of nitrogens with two attached hydrogens (primary N) is 1. The van der Waals surface area contributed by atoms with Crippen molar-refractivity contribution in [3.05, 3.63) is 0 Å². The maximum Gasteiger partial charge on any atom is 0.282 e. The first-order valence-electron chi connectivity index (χ1n) is 6.99. The fourth-order valence-electron chi connectivity index (χ4n) is 2.83. The monoisotopic (exact) mass is 305 g/mol. The summed E-state index contributed by atoms with van der Waals surface area (Å²) in [4.78, 5) is 0.300. The van der Waals surface area contributed by atoms with E-state index in [9.17, 15) is 8.42 Å². The minimum Gasteiger partial charge on any atom is -0.392 e. The molecule has 0 aliphatic carbocycles. The lowest BCUT2D eigenvalue weighted by molar-refractivity contribution is 0.240. The second kappa shape index (κ2) is 6.03. The first-order chi connectivity index (χ1) is 8.93. The predicted octanol–water partition coefficient (Wildman–Crippen LogP) is 1.10. The van der Waals surface area contributed by atoms with E-state index >= 15 is 0 Å². The molecule has 0 radical (unpaired) electrons. The van der Waals surface area contributed by atoms with Crippen LogP contribution in [-0.4, -0.2) is 47.7 Å². The van der Waals surface area contributed by atoms with Gasteiger partial charge in [0.2, 0.25) is 0 Å². The van der Waals surface area contributed by atoms with E-state index in [-0.39, 0.29) is 6.04 Å². The van der Waals surface area contributed by atoms with Gasteiger partial charge in [0.15, 0.2) is 0 Å². The third-order valence-electron chi connectivity index (χ3n) is 4.15. The molecule has 19 heavy (non-hydrogen) atoms. The van der Waals surface area contributed by atoms with Crippen LogP contribution in [-0.2, 0) is 10.2 Å². The fraction of sp³-hybridized carbons (Fsp3) is 0.917. The van der Waals surface area contributed by atoms with Crippen molar-refractivity contribution in [2.45, 2.75) is 45.1 Å². The molecular formula is C12H23N3O2S2. The summed E-state index contributed by atoms with van der Waals surface area (Å²) in [5, 5.41) is 0. The zero-order valence-corrected chi connectivity index (χ0v) is 13.0. The average Bonchev–Trinajstić information content (AvgIpc) is 2.39. The van der Waals surface area contributed by atoms with Crippen molar-refractivity contribution in [3.8, 4) is 0 Å². The van der Waals surface area contributed by atoms with Crippen LogP contribution in [0.2, 0.25) is 0 Å². The quantitative estimate of drug-likeness (QED) is 0.793. The van der Waals surface area contributed by atoms with Crippen LogP contribution in [0.1, 0.15) is 39.0 Å². The van der Waals surface area contributed by atoms with Crippen LogP contribution in [0.15, 0.2) is 0 Å². The van der Waals surface area contributed by atoms with Gasteiger partial charge in [-0.15, -0.1) is 0 Å². The van der Waals surface area contributed by atoms with Gasteiger partial charge >= 0.3 is 0 Å². The van der Waals surface area contributed by atoms with Crippen LogP contribution < -0.4 is 5.73 Å². The van der Waals surface area contributed by atoms with E-state index in [1.165, 1.54) is 4.31 Å². The van der Waals surface area contributed by atoms with Gasteiger partial charge in [-0.3, -0.25) is 0 Å². The Morgan fingerprint density at radius 1 is 1.16 bits per heavy atom. The molecule has 0 saturated carbocycles. The maximum absolute atomic E-state index is 12.7. The molecule has 1 unspecified atom stereocenters. The predicted molar refractivity (Wildman–Crippen MR) is 80.0 cm³/mol. The van der Waals surface area contributed by atoms with E-state index in [1.807, 2.05) is 0 Å². The van der Waals surface area contributed by atoms with Gasteiger partial charge in [0.05, 0.1) is 11.0 Å². The molecule has 2 aliphatic rings. The lowest BCUT2D eigenvalue weighted by Gasteiger charge is -2.39. The number of rotatable bonds is 3. The van der Waals surface area contributed by atoms with Gasteiger partial charge in [-0.25, -0.2) is 0 Å². The normalized spacial score (nSPS) is 28.4. The Morgan fingerprint density at radius 2 is 1.79 bits per heavy atom. The SMILES string of the molecule is CC1CCN(S(=O)(=O)N2CCCCC2C(N)=S)CC1. The van der Waals surface area contributed by atoms with Crippen molar-refractivity contribution in [1.82, 2.24) is 8.61 Å². The lowest BCUT2D eigenvalue weighted by Crippen LogP contribution is -2.55. The van der Waals surface area contributed by atoms with Gasteiger partial charge in [-0.05, 0) is 31.6 Å². The highest BCUT2D eigenvalue weighted by Gasteiger charge is 2.38. The molecule has 7 heteroatoms. The minimum atomic E-state index is -3.40. The number of thiocarbonyl (C=S) groups is 1. The van der Waals surface area contributed by atoms with Gasteiger partial charge < -0.3 is 5.73 Å². The van der Waals surface area contributed by atoms with E-state index < -0.39 is 10.2 Å². The zero-order valence-electron chi connectivity index (χ0n) is 11.4. The van der Waals surface area contributed by atoms with Crippen molar-refractivity contribution in [2.75, 3.05) is 19.6 Å². The summed E-state index contributed by atoms with van der Waals surface area (Å²) in [6.45, 7) is 3.94. The van der Waals surface area contributed by atoms with Gasteiger partial charge in [0.1, 0.15) is 0 Å². The van der Waals surface area contributed by atoms with Crippen molar-refractivity contribution < 1.29 is 8.42 Å². The molecule has 0 amide bonds. The van der Waals surface area contributed by atoms with Gasteiger partial charge in [0, 0.05) is 19.6 Å². The third-order valence-corrected chi connectivity index (χ3v) is 6.47. The summed E-state index contributed by atoms with van der Waals surface area (Å²) in [5.41, 5.74) is 5.71. The first-order valence-corrected chi connectivity index (χ1v) is 8.79. The van der Waals surface area contributed by atoms with E-state index in [1.54, 1.807) is 4.31 Å². The lowest BCUT2D eigenvalue weighted by atomic mass is 10.0. The topological polar surface area (TPSA) is 66.6 Å². The Labute approximate surface area is 121 Å². The molecule has 5 nitrogen and oxygen atoms in total. The summed E-state index contributed by atoms with van der Waals surface area (Å²) in [6.07, 6.45) is 4.50. The highest BCUT2D eigenvalue weighted by atomic mass is 32.2. The molecule has 0 spiro atoms. The minimum absolute atomic E-state index is 0.298. The molecule has 2 saturated heterocycles. The highest BCUT2D eigenvalue weighted by Crippen LogP contribution is 2.26. The Morgan fingerprint density at radius 3 is 2.37 bits per heavy atom. The van der Waals surface area contributed by atoms with Crippen LogP contribution in [0.4, 0.5) is 0 Å². The molecule has 0 aromatic rings. The first kappa shape index (κ1) is 15.2. The summed E-state index contributed by atoms with van der Waals surface area (Å²) < 4.78 is 28.5. The highest BCUT2D eigenvalue weighted by molar-refractivity contribution is 7.87. The smallest absolute Gasteiger partial charge is 0.282 e. The van der Waals surface area contributed by atoms with Gasteiger partial charge in [-0.1, -0.05) is 25.6 Å². The van der Waals surface area contributed by atoms with Crippen LogP contribution in [0.25, 0.3) is 0 Å². The van der Waals surface area contributed by atoms with Crippen molar-refractivity contribution in [1.29, 1.82) is 0 Å². The average molecular weight is 305 g/mol. The zero-order chi connectivity index (χ0) is 14.0. The molecular weight excluding hydrogens is 282 g/mol. The molecule has 2 rings (SSSR count). The largest absolute Gasteiger partial charge is 0.392 e. The van der Waals surface area contributed by atoms with E-state index in [0.29, 0.717) is 30.5 Å². The molecule has 2 fully saturated rings. The van der Waals surface area contributed by atoms with Gasteiger partial charge in [-0.2, -0.15) is 17.0 Å². The van der Waals surface area contributed by atoms with Crippen molar-refractivity contribution >= 4 is 27.4 Å². The van der Waals surface area contributed by atoms with E-state index in [2.05, 4.69) is 6.92 Å². The molecule has 110 valence electrons. The van der Waals surface area contributed by atoms with Gasteiger partial charge in [0.25, 0.3) is 10.2 Å². The van der Waals surface area contributed by atoms with E-state index in [4.69, 9.17) is 18.0 Å². The summed E-state index contributed by atoms with van der Waals surface area (Å²) in [7, 11) is -3.40. The summed E-state index contributed by atoms with van der Waals surface area (Å²) in [6, 6.07) is -0.298. The molecule has 2 heterocycles. The molecule has 0 aromatic heterocycles. The summed E-state index contributed by atoms with van der Waals surface area (Å²) >= 11 is 5.03. The van der Waals surface area contributed by atoms with Crippen molar-refractivity contribution in [3.63, 3.8) is 0 Å². The van der Waals surface area contributed by atoms with Crippen molar-refractivity contribution in [2.24, 2.45) is 11.7 Å². The molecule has 0 aromatic carbocycles. The van der Waals surface area contributed by atoms with Crippen LogP contribution >= 0.6 is 12.2 Å². The maximum atomic E-state index is 12.7. The van der Waals surface area contributed by atoms with E-state index in [0.717, 1.165) is 32.1 Å². The second-order valence-electron chi connectivity index (χ2n) is 5.61. The standard InChI is InChI=1S/C12H23N3O2S2/c1-10-5-8-14(9-6-10)19(16,17)15-7-3-2-4-11(15)12(13)18/h10-11H,2-9H2,1H3,(H2,13,18). The Hall–Kier alpha value is -0.240. The Kier molecular flexibility index (Phi) is 4.81. The molecule has 2 N–H and O–H groups in total. The number of piperidine rings is 2. The number of hydrogen-bond acceptors (Lipinski definition) is 3. The Balaban J connectivity index is 2.15. The number of nitrogens with zero attached hydrogens (tertiary/aromatic N) is 2. The van der Waals surface area contributed by atoms with Crippen LogP contribution in [0.3, 0.4) is 0 Å². The van der Waals surface area contributed by atoms with Crippen LogP contribution in [0, 0.1) is 5.92 Å². The third kappa shape index (κ3) is 3.26. The van der Waals surface area contributed by atoms with Crippen LogP contribution in [0.5, 0.6) is 0 Å². The Bertz CT molecular complexity index is 430. The fourth-order valence-corrected chi connectivity index (χ4v) is 5.01. The molecule has 1 atom stereocenters. The number of hydrogen-bond donors (Lipinski definition) is 1.